The SMILES string of the molecule is O=C=C1C(C(=O)c2ccccc2)=CC=C2OOC12. The maximum atomic E-state index is 12.3. The molecular weight excluding hydrogens is 232 g/mol. The van der Waals surface area contributed by atoms with E-state index in [9.17, 15) is 9.59 Å². The normalized spacial score (nSPS) is 20.7. The van der Waals surface area contributed by atoms with Gasteiger partial charge in [-0.05, 0) is 12.2 Å². The Bertz CT molecular complexity index is 618. The van der Waals surface area contributed by atoms with Crippen molar-refractivity contribution in [3.8, 4) is 0 Å². The molecule has 0 N–H and O–H groups in total. The molecule has 0 saturated carbocycles. The Morgan fingerprint density at radius 2 is 1.94 bits per heavy atom. The third-order valence-electron chi connectivity index (χ3n) is 2.86. The number of benzene rings is 1. The van der Waals surface area contributed by atoms with Crippen molar-refractivity contribution in [2.75, 3.05) is 0 Å². The number of carbonyl (C=O) groups is 1. The van der Waals surface area contributed by atoms with Crippen molar-refractivity contribution in [2.24, 2.45) is 0 Å². The Hall–Kier alpha value is -2.42. The summed E-state index contributed by atoms with van der Waals surface area (Å²) in [5, 5.41) is 0. The Morgan fingerprint density at radius 1 is 1.17 bits per heavy atom. The van der Waals surface area contributed by atoms with Gasteiger partial charge in [0.15, 0.2) is 11.5 Å². The summed E-state index contributed by atoms with van der Waals surface area (Å²) in [5.41, 5.74) is 1.01. The van der Waals surface area contributed by atoms with Crippen LogP contribution in [0.15, 0.2) is 59.4 Å². The Labute approximate surface area is 103 Å². The summed E-state index contributed by atoms with van der Waals surface area (Å²) < 4.78 is 0. The summed E-state index contributed by atoms with van der Waals surface area (Å²) >= 11 is 0. The monoisotopic (exact) mass is 240 g/mol. The van der Waals surface area contributed by atoms with Gasteiger partial charge in [-0.15, -0.1) is 0 Å². The lowest BCUT2D eigenvalue weighted by Gasteiger charge is -2.30. The molecular formula is C14H8O4. The molecule has 2 aliphatic rings. The van der Waals surface area contributed by atoms with Crippen LogP contribution in [0.2, 0.25) is 0 Å². The number of hydrogen-bond donors (Lipinski definition) is 0. The maximum Gasteiger partial charge on any atom is 0.201 e. The lowest BCUT2D eigenvalue weighted by molar-refractivity contribution is -0.365. The third kappa shape index (κ3) is 1.52. The average Bonchev–Trinajstić information content (AvgIpc) is 2.39. The molecule has 1 aromatic rings. The van der Waals surface area contributed by atoms with Crippen molar-refractivity contribution in [1.82, 2.24) is 0 Å². The van der Waals surface area contributed by atoms with Gasteiger partial charge in [0.05, 0.1) is 5.57 Å². The highest BCUT2D eigenvalue weighted by atomic mass is 17.2. The first-order valence-corrected chi connectivity index (χ1v) is 5.41. The predicted molar refractivity (Wildman–Crippen MR) is 62.1 cm³/mol. The van der Waals surface area contributed by atoms with Crippen molar-refractivity contribution in [2.45, 2.75) is 6.10 Å². The molecule has 0 amide bonds. The Kier molecular flexibility index (Phi) is 2.45. The number of carbonyl (C=O) groups excluding carboxylic acids is 2. The van der Waals surface area contributed by atoms with E-state index in [1.54, 1.807) is 42.4 Å². The second-order valence-electron chi connectivity index (χ2n) is 3.92. The van der Waals surface area contributed by atoms with Crippen LogP contribution in [-0.4, -0.2) is 17.8 Å². The van der Waals surface area contributed by atoms with E-state index in [-0.39, 0.29) is 11.4 Å². The molecule has 18 heavy (non-hydrogen) atoms. The van der Waals surface area contributed by atoms with E-state index in [0.717, 1.165) is 0 Å². The summed E-state index contributed by atoms with van der Waals surface area (Å²) in [5.74, 6) is 2.07. The summed E-state index contributed by atoms with van der Waals surface area (Å²) in [6, 6.07) is 8.76. The van der Waals surface area contributed by atoms with Gasteiger partial charge in [0.25, 0.3) is 0 Å². The molecule has 1 fully saturated rings. The molecule has 1 unspecified atom stereocenters. The molecule has 0 bridgehead atoms. The summed E-state index contributed by atoms with van der Waals surface area (Å²) in [7, 11) is 0. The molecule has 1 heterocycles. The highest BCUT2D eigenvalue weighted by molar-refractivity contribution is 6.13. The van der Waals surface area contributed by atoms with Crippen molar-refractivity contribution in [3.05, 3.63) is 65.0 Å². The van der Waals surface area contributed by atoms with E-state index in [0.29, 0.717) is 16.9 Å². The van der Waals surface area contributed by atoms with E-state index in [1.165, 1.54) is 0 Å². The van der Waals surface area contributed by atoms with Crippen LogP contribution in [0.1, 0.15) is 10.4 Å². The van der Waals surface area contributed by atoms with E-state index < -0.39 is 6.10 Å². The maximum absolute atomic E-state index is 12.3. The Balaban J connectivity index is 2.01. The van der Waals surface area contributed by atoms with Gasteiger partial charge < -0.3 is 4.89 Å². The minimum absolute atomic E-state index is 0.188. The van der Waals surface area contributed by atoms with Crippen molar-refractivity contribution < 1.29 is 19.4 Å². The van der Waals surface area contributed by atoms with Gasteiger partial charge in [-0.2, -0.15) is 4.89 Å². The van der Waals surface area contributed by atoms with Crippen LogP contribution in [-0.2, 0) is 14.6 Å². The standard InChI is InChI=1S/C14H8O4/c15-8-11-10(6-7-12-14(11)18-17-12)13(16)9-4-2-1-3-5-9/h1-7,14H. The zero-order valence-corrected chi connectivity index (χ0v) is 9.25. The van der Waals surface area contributed by atoms with E-state index >= 15 is 0 Å². The van der Waals surface area contributed by atoms with Crippen molar-refractivity contribution >= 4 is 11.7 Å². The van der Waals surface area contributed by atoms with Crippen LogP contribution in [0.3, 0.4) is 0 Å². The highest BCUT2D eigenvalue weighted by Crippen LogP contribution is 2.35. The zero-order chi connectivity index (χ0) is 12.5. The lowest BCUT2D eigenvalue weighted by Crippen LogP contribution is -2.34. The summed E-state index contributed by atoms with van der Waals surface area (Å²) in [6.45, 7) is 0. The number of allylic oxidation sites excluding steroid dienone is 2. The molecule has 3 rings (SSSR count). The lowest BCUT2D eigenvalue weighted by atomic mass is 9.89. The first kappa shape index (κ1) is 10.7. The predicted octanol–water partition coefficient (Wildman–Crippen LogP) is 1.78. The summed E-state index contributed by atoms with van der Waals surface area (Å²) in [4.78, 5) is 32.7. The van der Waals surface area contributed by atoms with Crippen LogP contribution < -0.4 is 0 Å². The highest BCUT2D eigenvalue weighted by Gasteiger charge is 2.40. The molecule has 0 radical (unpaired) electrons. The smallest absolute Gasteiger partial charge is 0.201 e. The van der Waals surface area contributed by atoms with Gasteiger partial charge in [0.2, 0.25) is 6.10 Å². The topological polar surface area (TPSA) is 52.6 Å². The molecule has 0 spiro atoms. The molecule has 1 atom stereocenters. The molecule has 1 aromatic carbocycles. The van der Waals surface area contributed by atoms with Crippen LogP contribution >= 0.6 is 0 Å². The van der Waals surface area contributed by atoms with E-state index in [2.05, 4.69) is 0 Å². The van der Waals surface area contributed by atoms with Crippen LogP contribution in [0.4, 0.5) is 0 Å². The fourth-order valence-electron chi connectivity index (χ4n) is 1.91. The van der Waals surface area contributed by atoms with Gasteiger partial charge in [0.1, 0.15) is 5.94 Å². The second kappa shape index (κ2) is 4.11. The van der Waals surface area contributed by atoms with Crippen LogP contribution in [0.25, 0.3) is 0 Å². The molecule has 1 aliphatic carbocycles. The number of ketones is 1. The number of rotatable bonds is 2. The van der Waals surface area contributed by atoms with Gasteiger partial charge >= 0.3 is 0 Å². The molecule has 88 valence electrons. The average molecular weight is 240 g/mol. The van der Waals surface area contributed by atoms with Crippen LogP contribution in [0, 0.1) is 0 Å². The van der Waals surface area contributed by atoms with Gasteiger partial charge in [0, 0.05) is 11.1 Å². The molecule has 0 aromatic heterocycles. The minimum atomic E-state index is -0.588. The Morgan fingerprint density at radius 3 is 2.56 bits per heavy atom. The molecule has 4 nitrogen and oxygen atoms in total. The fourth-order valence-corrected chi connectivity index (χ4v) is 1.91. The molecule has 1 saturated heterocycles. The fraction of sp³-hybridized carbons (Fsp3) is 0.0714. The van der Waals surface area contributed by atoms with Gasteiger partial charge in [-0.1, -0.05) is 30.3 Å². The summed E-state index contributed by atoms with van der Waals surface area (Å²) in [6.07, 6.45) is 2.60. The van der Waals surface area contributed by atoms with Crippen molar-refractivity contribution in [3.63, 3.8) is 0 Å². The van der Waals surface area contributed by atoms with Gasteiger partial charge in [-0.25, -0.2) is 4.79 Å². The molecule has 1 aliphatic heterocycles. The third-order valence-corrected chi connectivity index (χ3v) is 2.86. The van der Waals surface area contributed by atoms with Crippen molar-refractivity contribution in [1.29, 1.82) is 0 Å². The van der Waals surface area contributed by atoms with E-state index in [4.69, 9.17) is 9.78 Å². The number of Topliss-reactive ketones (excluding diaryl/α,β-unsaturated/α-hetero) is 1. The van der Waals surface area contributed by atoms with Crippen LogP contribution in [0.5, 0.6) is 0 Å². The minimum Gasteiger partial charge on any atom is -0.338 e. The first-order chi connectivity index (χ1) is 8.81. The molecule has 4 heteroatoms. The first-order valence-electron chi connectivity index (χ1n) is 5.41. The largest absolute Gasteiger partial charge is 0.338 e. The number of fused-ring (bicyclic) bond motifs is 1. The zero-order valence-electron chi connectivity index (χ0n) is 9.25. The number of hydrogen-bond acceptors (Lipinski definition) is 4. The second-order valence-corrected chi connectivity index (χ2v) is 3.92. The van der Waals surface area contributed by atoms with Gasteiger partial charge in [-0.3, -0.25) is 4.79 Å². The quantitative estimate of drug-likeness (QED) is 0.449. The van der Waals surface area contributed by atoms with E-state index in [1.807, 2.05) is 6.07 Å².